The molecule has 1 amide bonds. The van der Waals surface area contributed by atoms with Crippen molar-refractivity contribution < 1.29 is 9.53 Å². The Morgan fingerprint density at radius 1 is 1.35 bits per heavy atom. The van der Waals surface area contributed by atoms with Crippen LogP contribution in [-0.2, 0) is 6.61 Å². The van der Waals surface area contributed by atoms with Gasteiger partial charge >= 0.3 is 0 Å². The van der Waals surface area contributed by atoms with Crippen LogP contribution < -0.4 is 10.1 Å². The van der Waals surface area contributed by atoms with Crippen LogP contribution in [-0.4, -0.2) is 17.4 Å². The van der Waals surface area contributed by atoms with Gasteiger partial charge in [-0.1, -0.05) is 6.07 Å². The van der Waals surface area contributed by atoms with Crippen molar-refractivity contribution in [2.24, 2.45) is 0 Å². The van der Waals surface area contributed by atoms with E-state index in [1.54, 1.807) is 5.38 Å². The molecule has 0 saturated carbocycles. The summed E-state index contributed by atoms with van der Waals surface area (Å²) in [7, 11) is 0. The van der Waals surface area contributed by atoms with Gasteiger partial charge in [-0.15, -0.1) is 11.3 Å². The highest BCUT2D eigenvalue weighted by atomic mass is 32.1. The fourth-order valence-electron chi connectivity index (χ4n) is 1.68. The average molecular weight is 290 g/mol. The van der Waals surface area contributed by atoms with Gasteiger partial charge in [0.2, 0.25) is 0 Å². The van der Waals surface area contributed by atoms with Crippen LogP contribution in [0.3, 0.4) is 0 Å². The van der Waals surface area contributed by atoms with Crippen molar-refractivity contribution in [3.63, 3.8) is 0 Å². The number of ether oxygens (including phenoxy) is 1. The molecule has 20 heavy (non-hydrogen) atoms. The number of hydrogen-bond donors (Lipinski definition) is 1. The number of rotatable bonds is 5. The van der Waals surface area contributed by atoms with E-state index in [-0.39, 0.29) is 5.91 Å². The minimum absolute atomic E-state index is 0.138. The van der Waals surface area contributed by atoms with Gasteiger partial charge in [0.25, 0.3) is 5.91 Å². The van der Waals surface area contributed by atoms with Crippen molar-refractivity contribution in [2.45, 2.75) is 27.4 Å². The number of carbonyl (C=O) groups excluding carboxylic acids is 1. The molecular formula is C15H18N2O2S. The minimum Gasteiger partial charge on any atom is -0.486 e. The number of aromatic nitrogens is 1. The largest absolute Gasteiger partial charge is 0.486 e. The minimum atomic E-state index is -0.138. The van der Waals surface area contributed by atoms with Crippen LogP contribution in [0.25, 0.3) is 0 Å². The number of nitrogens with one attached hydrogen (secondary N) is 1. The standard InChI is InChI=1S/C15H18N2O2S/c1-4-16-15(18)13-9-20-14(17-13)8-19-12-6-5-10(2)11(3)7-12/h5-7,9H,4,8H2,1-3H3,(H,16,18). The Bertz CT molecular complexity index is 608. The van der Waals surface area contributed by atoms with Crippen LogP contribution in [0.15, 0.2) is 23.6 Å². The lowest BCUT2D eigenvalue weighted by Gasteiger charge is -2.06. The maximum Gasteiger partial charge on any atom is 0.270 e. The topological polar surface area (TPSA) is 51.2 Å². The van der Waals surface area contributed by atoms with E-state index in [9.17, 15) is 4.79 Å². The lowest BCUT2D eigenvalue weighted by atomic mass is 10.1. The molecule has 1 N–H and O–H groups in total. The van der Waals surface area contributed by atoms with E-state index in [0.29, 0.717) is 18.8 Å². The molecule has 1 aromatic heterocycles. The summed E-state index contributed by atoms with van der Waals surface area (Å²) in [6.07, 6.45) is 0. The summed E-state index contributed by atoms with van der Waals surface area (Å²) in [4.78, 5) is 15.9. The maximum atomic E-state index is 11.6. The first-order valence-electron chi connectivity index (χ1n) is 6.52. The summed E-state index contributed by atoms with van der Waals surface area (Å²) in [6.45, 7) is 6.99. The Balaban J connectivity index is 1.97. The highest BCUT2D eigenvalue weighted by molar-refractivity contribution is 7.09. The number of nitrogens with zero attached hydrogens (tertiary/aromatic N) is 1. The molecule has 0 radical (unpaired) electrons. The number of benzene rings is 1. The maximum absolute atomic E-state index is 11.6. The number of hydrogen-bond acceptors (Lipinski definition) is 4. The van der Waals surface area contributed by atoms with E-state index < -0.39 is 0 Å². The highest BCUT2D eigenvalue weighted by Gasteiger charge is 2.10. The molecule has 0 bridgehead atoms. The second-order valence-corrected chi connectivity index (χ2v) is 5.46. The molecule has 1 aromatic carbocycles. The molecule has 0 aliphatic carbocycles. The lowest BCUT2D eigenvalue weighted by Crippen LogP contribution is -2.22. The van der Waals surface area contributed by atoms with Crippen molar-refractivity contribution in [3.05, 3.63) is 45.4 Å². The molecule has 0 saturated heterocycles. The van der Waals surface area contributed by atoms with Crippen molar-refractivity contribution >= 4 is 17.2 Å². The van der Waals surface area contributed by atoms with Gasteiger partial charge in [0, 0.05) is 11.9 Å². The summed E-state index contributed by atoms with van der Waals surface area (Å²) >= 11 is 1.43. The zero-order valence-corrected chi connectivity index (χ0v) is 12.7. The third kappa shape index (κ3) is 3.57. The van der Waals surface area contributed by atoms with Crippen LogP contribution in [0.4, 0.5) is 0 Å². The fourth-order valence-corrected chi connectivity index (χ4v) is 2.37. The molecule has 1 heterocycles. The normalized spacial score (nSPS) is 10.3. The summed E-state index contributed by atoms with van der Waals surface area (Å²) in [5.74, 6) is 0.684. The van der Waals surface area contributed by atoms with Gasteiger partial charge in [-0.3, -0.25) is 4.79 Å². The first-order valence-corrected chi connectivity index (χ1v) is 7.40. The predicted molar refractivity (Wildman–Crippen MR) is 80.4 cm³/mol. The zero-order valence-electron chi connectivity index (χ0n) is 11.9. The Hall–Kier alpha value is -1.88. The van der Waals surface area contributed by atoms with E-state index in [1.165, 1.54) is 22.5 Å². The second-order valence-electron chi connectivity index (χ2n) is 4.52. The third-order valence-electron chi connectivity index (χ3n) is 2.96. The van der Waals surface area contributed by atoms with Gasteiger partial charge in [0.15, 0.2) is 0 Å². The summed E-state index contributed by atoms with van der Waals surface area (Å²) in [5.41, 5.74) is 2.89. The second kappa shape index (κ2) is 6.52. The Labute approximate surface area is 122 Å². The van der Waals surface area contributed by atoms with Gasteiger partial charge in [-0.2, -0.15) is 0 Å². The van der Waals surface area contributed by atoms with E-state index >= 15 is 0 Å². The first-order chi connectivity index (χ1) is 9.60. The lowest BCUT2D eigenvalue weighted by molar-refractivity contribution is 0.0951. The number of aryl methyl sites for hydroxylation is 2. The fraction of sp³-hybridized carbons (Fsp3) is 0.333. The van der Waals surface area contributed by atoms with E-state index in [4.69, 9.17) is 4.74 Å². The van der Waals surface area contributed by atoms with Crippen molar-refractivity contribution in [1.29, 1.82) is 0 Å². The highest BCUT2D eigenvalue weighted by Crippen LogP contribution is 2.19. The summed E-state index contributed by atoms with van der Waals surface area (Å²) in [5, 5.41) is 5.28. The monoisotopic (exact) mass is 290 g/mol. The van der Waals surface area contributed by atoms with Crippen LogP contribution in [0.5, 0.6) is 5.75 Å². The molecule has 0 spiro atoms. The molecular weight excluding hydrogens is 272 g/mol. The van der Waals surface area contributed by atoms with Gasteiger partial charge in [0.05, 0.1) is 0 Å². The average Bonchev–Trinajstić information content (AvgIpc) is 2.89. The van der Waals surface area contributed by atoms with Crippen LogP contribution in [0.2, 0.25) is 0 Å². The number of amides is 1. The molecule has 0 unspecified atom stereocenters. The van der Waals surface area contributed by atoms with E-state index in [2.05, 4.69) is 24.1 Å². The summed E-state index contributed by atoms with van der Waals surface area (Å²) in [6, 6.07) is 5.99. The summed E-state index contributed by atoms with van der Waals surface area (Å²) < 4.78 is 5.70. The van der Waals surface area contributed by atoms with Gasteiger partial charge in [-0.05, 0) is 44.0 Å². The predicted octanol–water partition coefficient (Wildman–Crippen LogP) is 3.09. The van der Waals surface area contributed by atoms with Crippen molar-refractivity contribution in [3.8, 4) is 5.75 Å². The van der Waals surface area contributed by atoms with E-state index in [1.807, 2.05) is 25.1 Å². The van der Waals surface area contributed by atoms with E-state index in [0.717, 1.165) is 10.8 Å². The molecule has 106 valence electrons. The van der Waals surface area contributed by atoms with Crippen molar-refractivity contribution in [2.75, 3.05) is 6.54 Å². The molecule has 0 fully saturated rings. The van der Waals surface area contributed by atoms with Crippen LogP contribution in [0, 0.1) is 13.8 Å². The third-order valence-corrected chi connectivity index (χ3v) is 3.78. The zero-order chi connectivity index (χ0) is 14.5. The molecule has 0 atom stereocenters. The van der Waals surface area contributed by atoms with Gasteiger partial charge in [-0.25, -0.2) is 4.98 Å². The Morgan fingerprint density at radius 2 is 2.15 bits per heavy atom. The molecule has 5 heteroatoms. The smallest absolute Gasteiger partial charge is 0.270 e. The molecule has 4 nitrogen and oxygen atoms in total. The Kier molecular flexibility index (Phi) is 4.74. The van der Waals surface area contributed by atoms with Crippen LogP contribution in [0.1, 0.15) is 33.5 Å². The van der Waals surface area contributed by atoms with Gasteiger partial charge < -0.3 is 10.1 Å². The SMILES string of the molecule is CCNC(=O)c1csc(COc2ccc(C)c(C)c2)n1. The molecule has 0 aliphatic heterocycles. The molecule has 2 rings (SSSR count). The number of thiazole rings is 1. The molecule has 0 aliphatic rings. The van der Waals surface area contributed by atoms with Gasteiger partial charge in [0.1, 0.15) is 23.1 Å². The molecule has 2 aromatic rings. The van der Waals surface area contributed by atoms with Crippen molar-refractivity contribution in [1.82, 2.24) is 10.3 Å². The number of carbonyl (C=O) groups is 1. The first kappa shape index (κ1) is 14.5. The Morgan fingerprint density at radius 3 is 2.85 bits per heavy atom. The quantitative estimate of drug-likeness (QED) is 0.920. The van der Waals surface area contributed by atoms with Crippen LogP contribution >= 0.6 is 11.3 Å².